The van der Waals surface area contributed by atoms with Crippen molar-refractivity contribution in [1.29, 1.82) is 0 Å². The van der Waals surface area contributed by atoms with E-state index in [1.54, 1.807) is 5.01 Å². The number of hydrogen-bond acceptors (Lipinski definition) is 6. The molecule has 0 aliphatic carbocycles. The van der Waals surface area contributed by atoms with Gasteiger partial charge in [0.25, 0.3) is 0 Å². The van der Waals surface area contributed by atoms with Crippen LogP contribution in [-0.2, 0) is 16.1 Å². The summed E-state index contributed by atoms with van der Waals surface area (Å²) in [5.74, 6) is -0.253. The highest BCUT2D eigenvalue weighted by atomic mass is 16.2. The zero-order chi connectivity index (χ0) is 22.1. The van der Waals surface area contributed by atoms with Crippen LogP contribution in [0.5, 0.6) is 0 Å². The lowest BCUT2D eigenvalue weighted by Gasteiger charge is -2.41. The second kappa shape index (κ2) is 8.97. The van der Waals surface area contributed by atoms with E-state index in [9.17, 15) is 9.59 Å². The highest BCUT2D eigenvalue weighted by Crippen LogP contribution is 2.32. The molecule has 168 valence electrons. The van der Waals surface area contributed by atoms with Crippen molar-refractivity contribution in [2.24, 2.45) is 11.8 Å². The molecular weight excluding hydrogens is 404 g/mol. The van der Waals surface area contributed by atoms with Gasteiger partial charge in [0.2, 0.25) is 11.8 Å². The van der Waals surface area contributed by atoms with E-state index in [1.807, 2.05) is 66.7 Å². The van der Waals surface area contributed by atoms with Crippen molar-refractivity contribution in [1.82, 2.24) is 25.1 Å². The summed E-state index contributed by atoms with van der Waals surface area (Å²) in [6.07, 6.45) is 1.82. The summed E-state index contributed by atoms with van der Waals surface area (Å²) in [5, 5.41) is 1.64. The van der Waals surface area contributed by atoms with Crippen LogP contribution in [0, 0.1) is 11.8 Å². The third-order valence-corrected chi connectivity index (χ3v) is 6.83. The molecule has 0 saturated carbocycles. The average Bonchev–Trinajstić information content (AvgIpc) is 3.16. The van der Waals surface area contributed by atoms with Gasteiger partial charge in [0.15, 0.2) is 0 Å². The first-order valence-electron chi connectivity index (χ1n) is 11.3. The molecule has 3 atom stereocenters. The van der Waals surface area contributed by atoms with E-state index in [4.69, 9.17) is 0 Å². The van der Waals surface area contributed by atoms with Gasteiger partial charge in [0.1, 0.15) is 0 Å². The molecule has 0 radical (unpaired) electrons. The van der Waals surface area contributed by atoms with E-state index in [0.717, 1.165) is 31.0 Å². The van der Waals surface area contributed by atoms with Crippen molar-refractivity contribution in [3.05, 3.63) is 60.4 Å². The third kappa shape index (κ3) is 4.13. The Morgan fingerprint density at radius 1 is 1.03 bits per heavy atom. The van der Waals surface area contributed by atoms with E-state index < -0.39 is 0 Å². The van der Waals surface area contributed by atoms with Gasteiger partial charge in [-0.3, -0.25) is 19.5 Å². The van der Waals surface area contributed by atoms with Crippen LogP contribution in [0.1, 0.15) is 5.69 Å². The summed E-state index contributed by atoms with van der Waals surface area (Å²) in [6, 6.07) is 15.4. The summed E-state index contributed by atoms with van der Waals surface area (Å²) in [4.78, 5) is 37.6. The smallest absolute Gasteiger partial charge is 0.247 e. The van der Waals surface area contributed by atoms with Gasteiger partial charge < -0.3 is 9.80 Å². The van der Waals surface area contributed by atoms with Gasteiger partial charge >= 0.3 is 0 Å². The summed E-state index contributed by atoms with van der Waals surface area (Å²) >= 11 is 0. The molecule has 8 heteroatoms. The van der Waals surface area contributed by atoms with Crippen LogP contribution < -0.4 is 10.4 Å². The second-order valence-electron chi connectivity index (χ2n) is 9.02. The minimum atomic E-state index is -0.237. The fourth-order valence-corrected chi connectivity index (χ4v) is 5.14. The van der Waals surface area contributed by atoms with Gasteiger partial charge in [-0.1, -0.05) is 24.3 Å². The second-order valence-corrected chi connectivity index (χ2v) is 9.02. The molecular formula is C24H30N6O2. The Labute approximate surface area is 188 Å². The molecule has 3 saturated heterocycles. The number of likely N-dealkylation sites (tertiary alicyclic amines) is 1. The summed E-state index contributed by atoms with van der Waals surface area (Å²) < 4.78 is 0. The molecule has 2 amide bonds. The van der Waals surface area contributed by atoms with Crippen LogP contribution in [0.15, 0.2) is 54.7 Å². The predicted octanol–water partition coefficient (Wildman–Crippen LogP) is 0.824. The number of para-hydroxylation sites is 1. The van der Waals surface area contributed by atoms with Gasteiger partial charge in [0.05, 0.1) is 29.3 Å². The van der Waals surface area contributed by atoms with E-state index in [-0.39, 0.29) is 29.7 Å². The Kier molecular flexibility index (Phi) is 5.91. The SMILES string of the molecule is CN1CC(C(=O)N2CCN(Cc3ccccn3)CC2)C2NN(c3ccccc3)C(=O)C2C1. The number of rotatable bonds is 4. The van der Waals surface area contributed by atoms with Crippen molar-refractivity contribution in [3.8, 4) is 0 Å². The quantitative estimate of drug-likeness (QED) is 0.769. The van der Waals surface area contributed by atoms with Crippen LogP contribution in [0.2, 0.25) is 0 Å². The number of aromatic nitrogens is 1. The van der Waals surface area contributed by atoms with Crippen molar-refractivity contribution in [2.75, 3.05) is 51.3 Å². The van der Waals surface area contributed by atoms with Gasteiger partial charge in [0, 0.05) is 52.0 Å². The van der Waals surface area contributed by atoms with Gasteiger partial charge in [-0.15, -0.1) is 0 Å². The van der Waals surface area contributed by atoms with Crippen molar-refractivity contribution >= 4 is 17.5 Å². The Morgan fingerprint density at radius 3 is 2.50 bits per heavy atom. The van der Waals surface area contributed by atoms with E-state index >= 15 is 0 Å². The zero-order valence-electron chi connectivity index (χ0n) is 18.4. The highest BCUT2D eigenvalue weighted by Gasteiger charge is 2.51. The number of nitrogens with one attached hydrogen (secondary N) is 1. The van der Waals surface area contributed by atoms with Crippen LogP contribution in [0.3, 0.4) is 0 Å². The number of pyridine rings is 1. The molecule has 3 aliphatic rings. The zero-order valence-corrected chi connectivity index (χ0v) is 18.4. The molecule has 1 aromatic heterocycles. The first kappa shape index (κ1) is 21.1. The van der Waals surface area contributed by atoms with Gasteiger partial charge in [-0.25, -0.2) is 10.4 Å². The summed E-state index contributed by atoms with van der Waals surface area (Å²) in [6.45, 7) is 5.22. The molecule has 4 heterocycles. The number of piperidine rings is 1. The molecule has 5 rings (SSSR count). The molecule has 8 nitrogen and oxygen atoms in total. The third-order valence-electron chi connectivity index (χ3n) is 6.83. The molecule has 2 aromatic rings. The molecule has 0 bridgehead atoms. The van der Waals surface area contributed by atoms with Crippen LogP contribution in [-0.4, -0.2) is 83.9 Å². The average molecular weight is 435 g/mol. The van der Waals surface area contributed by atoms with Crippen molar-refractivity contribution < 1.29 is 9.59 Å². The number of benzene rings is 1. The number of anilines is 1. The molecule has 1 aromatic carbocycles. The lowest BCUT2D eigenvalue weighted by atomic mass is 9.84. The van der Waals surface area contributed by atoms with E-state index in [2.05, 4.69) is 20.2 Å². The van der Waals surface area contributed by atoms with Gasteiger partial charge in [-0.2, -0.15) is 0 Å². The Morgan fingerprint density at radius 2 is 1.78 bits per heavy atom. The Balaban J connectivity index is 1.25. The predicted molar refractivity (Wildman–Crippen MR) is 121 cm³/mol. The van der Waals surface area contributed by atoms with Crippen molar-refractivity contribution in [2.45, 2.75) is 12.6 Å². The molecule has 3 unspecified atom stereocenters. The fraction of sp³-hybridized carbons (Fsp3) is 0.458. The number of carbonyl (C=O) groups excluding carboxylic acids is 2. The van der Waals surface area contributed by atoms with E-state index in [1.165, 1.54) is 0 Å². The number of fused-ring (bicyclic) bond motifs is 1. The number of hydrazine groups is 1. The standard InChI is InChI=1S/C24H30N6O2/c1-27-16-20(22-21(17-27)24(32)30(26-22)19-8-3-2-4-9-19)23(31)29-13-11-28(12-14-29)15-18-7-5-6-10-25-18/h2-10,20-22,26H,11-17H2,1H3. The molecule has 3 aliphatic heterocycles. The first-order valence-corrected chi connectivity index (χ1v) is 11.3. The summed E-state index contributed by atoms with van der Waals surface area (Å²) in [5.41, 5.74) is 5.26. The minimum Gasteiger partial charge on any atom is -0.340 e. The maximum atomic E-state index is 13.6. The minimum absolute atomic E-state index is 0.0470. The Hall–Kier alpha value is -2.81. The largest absolute Gasteiger partial charge is 0.340 e. The highest BCUT2D eigenvalue weighted by molar-refractivity contribution is 5.98. The first-order chi connectivity index (χ1) is 15.6. The van der Waals surface area contributed by atoms with Crippen LogP contribution >= 0.6 is 0 Å². The topological polar surface area (TPSA) is 72.0 Å². The number of nitrogens with zero attached hydrogens (tertiary/aromatic N) is 5. The number of hydrogen-bond donors (Lipinski definition) is 1. The fourth-order valence-electron chi connectivity index (χ4n) is 5.14. The Bertz CT molecular complexity index is 947. The maximum Gasteiger partial charge on any atom is 0.247 e. The monoisotopic (exact) mass is 434 g/mol. The molecule has 3 fully saturated rings. The maximum absolute atomic E-state index is 13.6. The van der Waals surface area contributed by atoms with Crippen LogP contribution in [0.25, 0.3) is 0 Å². The molecule has 32 heavy (non-hydrogen) atoms. The summed E-state index contributed by atoms with van der Waals surface area (Å²) in [7, 11) is 2.00. The lowest BCUT2D eigenvalue weighted by Crippen LogP contribution is -2.59. The number of carbonyl (C=O) groups is 2. The number of piperazine rings is 1. The molecule has 1 N–H and O–H groups in total. The normalized spacial score (nSPS) is 26.9. The van der Waals surface area contributed by atoms with Gasteiger partial charge in [-0.05, 0) is 31.3 Å². The lowest BCUT2D eigenvalue weighted by molar-refractivity contribution is -0.141. The van der Waals surface area contributed by atoms with Crippen molar-refractivity contribution in [3.63, 3.8) is 0 Å². The van der Waals surface area contributed by atoms with Crippen LogP contribution in [0.4, 0.5) is 5.69 Å². The van der Waals surface area contributed by atoms with E-state index in [0.29, 0.717) is 26.2 Å². The molecule has 0 spiro atoms. The number of amides is 2.